The minimum absolute atomic E-state index is 0.00582. The number of aryl methyl sites for hydroxylation is 1. The van der Waals surface area contributed by atoms with Crippen LogP contribution in [0.3, 0.4) is 0 Å². The van der Waals surface area contributed by atoms with E-state index in [4.69, 9.17) is 5.73 Å². The minimum atomic E-state index is -5.09. The molecule has 0 radical (unpaired) electrons. The molecule has 0 amide bonds. The molecule has 1 fully saturated rings. The van der Waals surface area contributed by atoms with Crippen LogP contribution in [0.2, 0.25) is 0 Å². The molecule has 0 aliphatic heterocycles. The molecule has 1 saturated carbocycles. The van der Waals surface area contributed by atoms with Gasteiger partial charge >= 0.3 is 18.5 Å². The van der Waals surface area contributed by atoms with E-state index in [0.717, 1.165) is 43.0 Å². The molecule has 1 aromatic carbocycles. The average Bonchev–Trinajstić information content (AvgIpc) is 3.41. The fraction of sp³-hybridized carbons (Fsp3) is 0.586. The number of hydrogen-bond acceptors (Lipinski definition) is 7. The van der Waals surface area contributed by atoms with Crippen molar-refractivity contribution < 1.29 is 39.5 Å². The van der Waals surface area contributed by atoms with Gasteiger partial charge in [0.2, 0.25) is 0 Å². The highest BCUT2D eigenvalue weighted by Crippen LogP contribution is 2.38. The number of rotatable bonds is 11. The van der Waals surface area contributed by atoms with E-state index in [1.165, 1.54) is 11.9 Å². The third-order valence-electron chi connectivity index (χ3n) is 8.13. The highest BCUT2D eigenvalue weighted by Gasteiger charge is 2.38. The maximum Gasteiger partial charge on any atom is 0.417 e. The third kappa shape index (κ3) is 9.00. The Bertz CT molecular complexity index is 1410. The number of pyridine rings is 1. The van der Waals surface area contributed by atoms with Crippen molar-refractivity contribution in [3.8, 4) is 0 Å². The van der Waals surface area contributed by atoms with Gasteiger partial charge in [0, 0.05) is 37.9 Å². The smallest absolute Gasteiger partial charge is 0.356 e. The van der Waals surface area contributed by atoms with Crippen LogP contribution in [0.5, 0.6) is 0 Å². The molecule has 4 rings (SSSR count). The molecule has 0 saturated heterocycles. The van der Waals surface area contributed by atoms with E-state index in [2.05, 4.69) is 20.4 Å². The van der Waals surface area contributed by atoms with Gasteiger partial charge in [-0.2, -0.15) is 44.3 Å². The van der Waals surface area contributed by atoms with Crippen molar-refractivity contribution in [1.82, 2.24) is 25.2 Å². The summed E-state index contributed by atoms with van der Waals surface area (Å²) in [6.07, 6.45) is -9.52. The Balaban J connectivity index is 1.73. The fourth-order valence-electron chi connectivity index (χ4n) is 5.81. The summed E-state index contributed by atoms with van der Waals surface area (Å²) < 4.78 is 123. The van der Waals surface area contributed by atoms with Crippen molar-refractivity contribution in [2.24, 2.45) is 24.6 Å². The van der Waals surface area contributed by atoms with Crippen molar-refractivity contribution >= 4 is 11.8 Å². The van der Waals surface area contributed by atoms with Gasteiger partial charge < -0.3 is 15.5 Å². The standard InChI is InChI=1S/C29H35F9N8/c1-3-45(15-19-6-4-18(5-7-19)8-9-39)25-21(12-24(14-40-25)29(36,37)38)17-46(26-41-43-44(2)42-26)16-20-10-22(27(30,31)32)13-23(11-20)28(33,34)35/h10-14,18-19H,3-9,15-17,39H2,1-2H3/t18-,19-. The maximum atomic E-state index is 13.9. The van der Waals surface area contributed by atoms with Crippen molar-refractivity contribution in [1.29, 1.82) is 0 Å². The molecular weight excluding hydrogens is 631 g/mol. The van der Waals surface area contributed by atoms with Crippen LogP contribution in [-0.2, 0) is 38.7 Å². The van der Waals surface area contributed by atoms with Crippen LogP contribution in [0.4, 0.5) is 51.3 Å². The van der Waals surface area contributed by atoms with Crippen molar-refractivity contribution in [2.45, 2.75) is 70.6 Å². The normalized spacial score (nSPS) is 17.7. The molecule has 1 aliphatic rings. The summed E-state index contributed by atoms with van der Waals surface area (Å²) in [6, 6.07) is 2.01. The summed E-state index contributed by atoms with van der Waals surface area (Å²) in [5, 5.41) is 11.6. The summed E-state index contributed by atoms with van der Waals surface area (Å²) in [5.41, 5.74) is 1.23. The zero-order chi connectivity index (χ0) is 33.9. The first-order valence-electron chi connectivity index (χ1n) is 14.8. The van der Waals surface area contributed by atoms with Crippen LogP contribution in [0.25, 0.3) is 0 Å². The number of benzene rings is 1. The Morgan fingerprint density at radius 1 is 0.804 bits per heavy atom. The first kappa shape index (κ1) is 35.2. The molecule has 0 bridgehead atoms. The van der Waals surface area contributed by atoms with Crippen LogP contribution in [0, 0.1) is 11.8 Å². The predicted molar refractivity (Wildman–Crippen MR) is 151 cm³/mol. The van der Waals surface area contributed by atoms with Crippen LogP contribution >= 0.6 is 0 Å². The average molecular weight is 667 g/mol. The second-order valence-corrected chi connectivity index (χ2v) is 11.6. The van der Waals surface area contributed by atoms with E-state index in [9.17, 15) is 39.5 Å². The summed E-state index contributed by atoms with van der Waals surface area (Å²) in [6.45, 7) is 2.29. The van der Waals surface area contributed by atoms with Crippen LogP contribution in [0.15, 0.2) is 30.5 Å². The topological polar surface area (TPSA) is 89.0 Å². The number of tetrazole rings is 1. The predicted octanol–water partition coefficient (Wildman–Crippen LogP) is 6.85. The van der Waals surface area contributed by atoms with Gasteiger partial charge in [0.25, 0.3) is 5.95 Å². The Hall–Kier alpha value is -3.63. The van der Waals surface area contributed by atoms with E-state index in [1.54, 1.807) is 0 Å². The lowest BCUT2D eigenvalue weighted by molar-refractivity contribution is -0.143. The molecule has 2 aromatic heterocycles. The minimum Gasteiger partial charge on any atom is -0.356 e. The summed E-state index contributed by atoms with van der Waals surface area (Å²) in [5.74, 6) is 0.777. The van der Waals surface area contributed by atoms with Gasteiger partial charge in [-0.15, -0.1) is 5.10 Å². The van der Waals surface area contributed by atoms with E-state index >= 15 is 0 Å². The van der Waals surface area contributed by atoms with Gasteiger partial charge in [0.15, 0.2) is 0 Å². The molecule has 3 aromatic rings. The van der Waals surface area contributed by atoms with Crippen LogP contribution < -0.4 is 15.5 Å². The number of nitrogens with zero attached hydrogens (tertiary/aromatic N) is 7. The number of halogens is 9. The monoisotopic (exact) mass is 666 g/mol. The Kier molecular flexibility index (Phi) is 10.7. The number of anilines is 2. The maximum absolute atomic E-state index is 13.9. The lowest BCUT2D eigenvalue weighted by atomic mass is 9.80. The molecule has 17 heteroatoms. The van der Waals surface area contributed by atoms with Gasteiger partial charge in [0.05, 0.1) is 23.7 Å². The third-order valence-corrected chi connectivity index (χ3v) is 8.13. The summed E-state index contributed by atoms with van der Waals surface area (Å²) in [4.78, 5) is 8.22. The van der Waals surface area contributed by atoms with Gasteiger partial charge in [-0.3, -0.25) is 0 Å². The molecule has 2 heterocycles. The van der Waals surface area contributed by atoms with Gasteiger partial charge in [-0.25, -0.2) is 4.98 Å². The van der Waals surface area contributed by atoms with E-state index in [1.807, 2.05) is 11.8 Å². The molecule has 2 N–H and O–H groups in total. The van der Waals surface area contributed by atoms with E-state index in [-0.39, 0.29) is 29.3 Å². The number of alkyl halides is 9. The molecular formula is C29H35F9N8. The zero-order valence-corrected chi connectivity index (χ0v) is 25.2. The molecule has 8 nitrogen and oxygen atoms in total. The molecule has 0 atom stereocenters. The first-order chi connectivity index (χ1) is 21.5. The molecule has 254 valence electrons. The lowest BCUT2D eigenvalue weighted by Gasteiger charge is -2.34. The number of hydrogen-bond donors (Lipinski definition) is 1. The lowest BCUT2D eigenvalue weighted by Crippen LogP contribution is -2.34. The Labute approximate surface area is 259 Å². The number of nitrogens with two attached hydrogens (primary N) is 1. The second kappa shape index (κ2) is 14.0. The largest absolute Gasteiger partial charge is 0.417 e. The van der Waals surface area contributed by atoms with Crippen LogP contribution in [0.1, 0.15) is 66.8 Å². The van der Waals surface area contributed by atoms with E-state index < -0.39 is 53.9 Å². The van der Waals surface area contributed by atoms with Crippen molar-refractivity contribution in [2.75, 3.05) is 29.4 Å². The highest BCUT2D eigenvalue weighted by atomic mass is 19.4. The Morgan fingerprint density at radius 3 is 1.89 bits per heavy atom. The fourth-order valence-corrected chi connectivity index (χ4v) is 5.81. The summed E-state index contributed by atoms with van der Waals surface area (Å²) in [7, 11) is 1.39. The SMILES string of the molecule is CCN(C[C@H]1CC[C@H](CCN)CC1)c1ncc(C(F)(F)F)cc1CN(Cc1cc(C(F)(F)F)cc(C(F)(F)F)c1)c1nnn(C)n1. The number of aromatic nitrogens is 5. The van der Waals surface area contributed by atoms with E-state index in [0.29, 0.717) is 43.9 Å². The van der Waals surface area contributed by atoms with Crippen molar-refractivity contribution in [3.05, 3.63) is 58.3 Å². The summed E-state index contributed by atoms with van der Waals surface area (Å²) >= 11 is 0. The molecule has 0 unspecified atom stereocenters. The quantitative estimate of drug-likeness (QED) is 0.224. The first-order valence-corrected chi connectivity index (χ1v) is 14.8. The molecule has 46 heavy (non-hydrogen) atoms. The van der Waals surface area contributed by atoms with Crippen LogP contribution in [-0.4, -0.2) is 44.8 Å². The van der Waals surface area contributed by atoms with Gasteiger partial charge in [-0.1, -0.05) is 17.9 Å². The van der Waals surface area contributed by atoms with Gasteiger partial charge in [-0.05, 0) is 79.6 Å². The Morgan fingerprint density at radius 2 is 1.39 bits per heavy atom. The molecule has 0 spiro atoms. The second-order valence-electron chi connectivity index (χ2n) is 11.6. The van der Waals surface area contributed by atoms with Gasteiger partial charge in [0.1, 0.15) is 5.82 Å². The highest BCUT2D eigenvalue weighted by molar-refractivity contribution is 5.51. The molecule has 1 aliphatic carbocycles. The van der Waals surface area contributed by atoms with Crippen molar-refractivity contribution in [3.63, 3.8) is 0 Å². The zero-order valence-electron chi connectivity index (χ0n) is 25.2.